The van der Waals surface area contributed by atoms with Gasteiger partial charge in [-0.15, -0.1) is 11.3 Å². The lowest BCUT2D eigenvalue weighted by atomic mass is 9.72. The highest BCUT2D eigenvalue weighted by molar-refractivity contribution is 7.80. The van der Waals surface area contributed by atoms with Gasteiger partial charge in [-0.2, -0.15) is 5.26 Å². The number of carbonyl (C=O) groups is 1. The Morgan fingerprint density at radius 2 is 1.94 bits per heavy atom. The second-order valence-electron chi connectivity index (χ2n) is 9.17. The van der Waals surface area contributed by atoms with Crippen LogP contribution in [0, 0.1) is 22.7 Å². The van der Waals surface area contributed by atoms with Gasteiger partial charge in [-0.25, -0.2) is 0 Å². The summed E-state index contributed by atoms with van der Waals surface area (Å²) in [6, 6.07) is 13.2. The number of thiocarbonyl (C=S) groups is 1. The fourth-order valence-electron chi connectivity index (χ4n) is 4.31. The van der Waals surface area contributed by atoms with E-state index in [2.05, 4.69) is 37.5 Å². The van der Waals surface area contributed by atoms with E-state index in [0.717, 1.165) is 35.6 Å². The molecule has 2 aromatic carbocycles. The Balaban J connectivity index is 1.53. The van der Waals surface area contributed by atoms with Crippen molar-refractivity contribution >= 4 is 61.9 Å². The van der Waals surface area contributed by atoms with Crippen LogP contribution in [0.4, 0.5) is 5.00 Å². The number of carbonyl (C=O) groups excluding carboxylic acids is 1. The Morgan fingerprint density at radius 1 is 1.22 bits per heavy atom. The molecule has 1 heterocycles. The van der Waals surface area contributed by atoms with Gasteiger partial charge in [0.1, 0.15) is 11.1 Å². The second-order valence-corrected chi connectivity index (χ2v) is 11.1. The van der Waals surface area contributed by atoms with Gasteiger partial charge in [0.05, 0.1) is 5.56 Å². The number of benzene rings is 2. The highest BCUT2D eigenvalue weighted by Gasteiger charge is 2.32. The molecule has 0 aliphatic heterocycles. The number of nitrogens with one attached hydrogen (secondary N) is 2. The molecular formula is C25H24ClN3OS2. The molecule has 1 aliphatic carbocycles. The monoisotopic (exact) mass is 481 g/mol. The molecule has 0 spiro atoms. The molecule has 0 saturated carbocycles. The molecule has 1 amide bonds. The quantitative estimate of drug-likeness (QED) is 0.399. The lowest BCUT2D eigenvalue weighted by Gasteiger charge is -2.33. The van der Waals surface area contributed by atoms with E-state index < -0.39 is 0 Å². The van der Waals surface area contributed by atoms with Crippen LogP contribution in [0.25, 0.3) is 10.8 Å². The zero-order chi connectivity index (χ0) is 23.0. The summed E-state index contributed by atoms with van der Waals surface area (Å²) in [4.78, 5) is 14.2. The topological polar surface area (TPSA) is 64.9 Å². The van der Waals surface area contributed by atoms with Crippen LogP contribution in [0.5, 0.6) is 0 Å². The molecule has 4 rings (SSSR count). The minimum Gasteiger partial charge on any atom is -0.323 e. The molecular weight excluding hydrogens is 458 g/mol. The molecule has 0 radical (unpaired) electrons. The lowest BCUT2D eigenvalue weighted by molar-refractivity contribution is 0.0979. The Bertz CT molecular complexity index is 1270. The number of rotatable bonds is 2. The van der Waals surface area contributed by atoms with Crippen LogP contribution >= 0.6 is 35.2 Å². The number of hydrogen-bond acceptors (Lipinski definition) is 4. The van der Waals surface area contributed by atoms with Gasteiger partial charge in [-0.1, -0.05) is 56.6 Å². The molecule has 164 valence electrons. The largest absolute Gasteiger partial charge is 0.323 e. The first-order valence-corrected chi connectivity index (χ1v) is 12.1. The van der Waals surface area contributed by atoms with E-state index in [-0.39, 0.29) is 16.4 Å². The van der Waals surface area contributed by atoms with Crippen LogP contribution < -0.4 is 10.6 Å². The smallest absolute Gasteiger partial charge is 0.258 e. The molecule has 0 fully saturated rings. The van der Waals surface area contributed by atoms with E-state index in [4.69, 9.17) is 23.8 Å². The van der Waals surface area contributed by atoms with E-state index in [1.165, 1.54) is 4.88 Å². The summed E-state index contributed by atoms with van der Waals surface area (Å²) in [6.45, 7) is 6.81. The van der Waals surface area contributed by atoms with E-state index in [1.54, 1.807) is 29.5 Å². The Kier molecular flexibility index (Phi) is 6.26. The summed E-state index contributed by atoms with van der Waals surface area (Å²) in [5, 5.41) is 18.7. The summed E-state index contributed by atoms with van der Waals surface area (Å²) in [5.41, 5.74) is 2.49. The van der Waals surface area contributed by atoms with Crippen molar-refractivity contribution < 1.29 is 4.79 Å². The van der Waals surface area contributed by atoms with Gasteiger partial charge in [-0.05, 0) is 65.9 Å². The Labute approximate surface area is 202 Å². The van der Waals surface area contributed by atoms with E-state index >= 15 is 0 Å². The van der Waals surface area contributed by atoms with Gasteiger partial charge in [0, 0.05) is 20.8 Å². The van der Waals surface area contributed by atoms with Crippen LogP contribution in [0.3, 0.4) is 0 Å². The van der Waals surface area contributed by atoms with Crippen LogP contribution in [0.2, 0.25) is 5.02 Å². The fraction of sp³-hybridized carbons (Fsp3) is 0.320. The maximum atomic E-state index is 12.9. The van der Waals surface area contributed by atoms with Crippen LogP contribution in [0.1, 0.15) is 53.6 Å². The average Bonchev–Trinajstić information content (AvgIpc) is 3.08. The number of thiophene rings is 1. The maximum Gasteiger partial charge on any atom is 0.258 e. The fourth-order valence-corrected chi connectivity index (χ4v) is 6.09. The van der Waals surface area contributed by atoms with Crippen molar-refractivity contribution in [3.63, 3.8) is 0 Å². The summed E-state index contributed by atoms with van der Waals surface area (Å²) in [7, 11) is 0. The van der Waals surface area contributed by atoms with E-state index in [9.17, 15) is 10.1 Å². The van der Waals surface area contributed by atoms with Crippen LogP contribution in [-0.4, -0.2) is 11.0 Å². The van der Waals surface area contributed by atoms with Crippen molar-refractivity contribution in [2.45, 2.75) is 40.0 Å². The minimum atomic E-state index is -0.317. The molecule has 32 heavy (non-hydrogen) atoms. The summed E-state index contributed by atoms with van der Waals surface area (Å²) < 4.78 is 0. The normalized spacial score (nSPS) is 15.7. The van der Waals surface area contributed by atoms with Gasteiger partial charge in [-0.3, -0.25) is 10.1 Å². The highest BCUT2D eigenvalue weighted by Crippen LogP contribution is 2.44. The Hall–Kier alpha value is -2.46. The molecule has 3 aromatic rings. The molecule has 0 saturated heterocycles. The predicted octanol–water partition coefficient (Wildman–Crippen LogP) is 6.70. The van der Waals surface area contributed by atoms with Gasteiger partial charge in [0.2, 0.25) is 0 Å². The molecule has 0 bridgehead atoms. The van der Waals surface area contributed by atoms with Crippen molar-refractivity contribution in [3.8, 4) is 6.07 Å². The first-order valence-electron chi connectivity index (χ1n) is 10.5. The number of fused-ring (bicyclic) bond motifs is 2. The van der Waals surface area contributed by atoms with Crippen LogP contribution in [-0.2, 0) is 12.8 Å². The van der Waals surface area contributed by atoms with E-state index in [0.29, 0.717) is 27.1 Å². The average molecular weight is 482 g/mol. The lowest BCUT2D eigenvalue weighted by Crippen LogP contribution is -2.34. The zero-order valence-corrected chi connectivity index (χ0v) is 20.6. The molecule has 0 unspecified atom stereocenters. The number of nitriles is 1. The van der Waals surface area contributed by atoms with Gasteiger partial charge < -0.3 is 5.32 Å². The summed E-state index contributed by atoms with van der Waals surface area (Å²) >= 11 is 13.3. The molecule has 7 heteroatoms. The standard InChI is InChI=1S/C25H24ClN3OS2/c1-25(2,3)14-10-11-17-19(13-27)23(32-21(17)12-14)29-24(31)28-22(30)18-8-4-7-16-15(18)6-5-9-20(16)26/h4-9,14H,10-12H2,1-3H3,(H2,28,29,30,31)/t14-/m1/s1. The van der Waals surface area contributed by atoms with Crippen molar-refractivity contribution in [2.75, 3.05) is 5.32 Å². The highest BCUT2D eigenvalue weighted by atomic mass is 35.5. The molecule has 1 aromatic heterocycles. The van der Waals surface area contributed by atoms with Gasteiger partial charge in [0.15, 0.2) is 5.11 Å². The van der Waals surface area contributed by atoms with E-state index in [1.807, 2.05) is 18.2 Å². The van der Waals surface area contributed by atoms with Crippen molar-refractivity contribution in [2.24, 2.45) is 11.3 Å². The van der Waals surface area contributed by atoms with Gasteiger partial charge >= 0.3 is 0 Å². The third-order valence-corrected chi connectivity index (χ3v) is 7.87. The molecule has 2 N–H and O–H groups in total. The number of halogens is 1. The summed E-state index contributed by atoms with van der Waals surface area (Å²) in [5.74, 6) is 0.265. The van der Waals surface area contributed by atoms with Crippen LogP contribution in [0.15, 0.2) is 36.4 Å². The van der Waals surface area contributed by atoms with Crippen molar-refractivity contribution in [3.05, 3.63) is 63.0 Å². The third kappa shape index (κ3) is 4.38. The number of hydrogen-bond donors (Lipinski definition) is 2. The SMILES string of the molecule is CC(C)(C)[C@@H]1CCc2c(sc(NC(=S)NC(=O)c3cccc4c(Cl)cccc34)c2C#N)C1. The number of nitrogens with zero attached hydrogens (tertiary/aromatic N) is 1. The first-order chi connectivity index (χ1) is 15.2. The number of amides is 1. The predicted molar refractivity (Wildman–Crippen MR) is 137 cm³/mol. The number of anilines is 1. The zero-order valence-electron chi connectivity index (χ0n) is 18.2. The van der Waals surface area contributed by atoms with Crippen molar-refractivity contribution in [1.29, 1.82) is 5.26 Å². The third-order valence-electron chi connectivity index (χ3n) is 6.17. The Morgan fingerprint density at radius 3 is 2.66 bits per heavy atom. The molecule has 1 aliphatic rings. The maximum absolute atomic E-state index is 12.9. The van der Waals surface area contributed by atoms with Crippen molar-refractivity contribution in [1.82, 2.24) is 5.32 Å². The molecule has 1 atom stereocenters. The van der Waals surface area contributed by atoms with Gasteiger partial charge in [0.25, 0.3) is 5.91 Å². The second kappa shape index (κ2) is 8.82. The minimum absolute atomic E-state index is 0.177. The first kappa shape index (κ1) is 22.7. The molecule has 4 nitrogen and oxygen atoms in total. The summed E-state index contributed by atoms with van der Waals surface area (Å²) in [6.07, 6.45) is 2.94.